The first-order valence-electron chi connectivity index (χ1n) is 3.92. The Hall–Kier alpha value is -0.490. The molecule has 72 valence electrons. The van der Waals surface area contributed by atoms with Crippen LogP contribution in [0.3, 0.4) is 0 Å². The van der Waals surface area contributed by atoms with Gasteiger partial charge in [-0.15, -0.1) is 5.10 Å². The van der Waals surface area contributed by atoms with Crippen LogP contribution in [0, 0.1) is 0 Å². The predicted molar refractivity (Wildman–Crippen MR) is 55.2 cm³/mol. The Morgan fingerprint density at radius 2 is 2.62 bits per heavy atom. The van der Waals surface area contributed by atoms with Crippen LogP contribution in [-0.4, -0.2) is 26.9 Å². The molecule has 1 atom stereocenters. The van der Waals surface area contributed by atoms with Crippen LogP contribution in [0.2, 0.25) is 0 Å². The molecule has 6 heteroatoms. The third-order valence-electron chi connectivity index (χ3n) is 1.60. The minimum absolute atomic E-state index is 0.0960. The molecule has 1 heterocycles. The van der Waals surface area contributed by atoms with Gasteiger partial charge in [-0.05, 0) is 18.0 Å². The summed E-state index contributed by atoms with van der Waals surface area (Å²) in [5.74, 6) is -0.0960. The van der Waals surface area contributed by atoms with Crippen molar-refractivity contribution >= 4 is 33.4 Å². The van der Waals surface area contributed by atoms with Gasteiger partial charge in [0.25, 0.3) is 5.91 Å². The summed E-state index contributed by atoms with van der Waals surface area (Å²) in [5.41, 5.74) is 0. The minimum atomic E-state index is -0.0960. The lowest BCUT2D eigenvalue weighted by atomic mass is 10.2. The van der Waals surface area contributed by atoms with Crippen LogP contribution in [0.15, 0.2) is 6.20 Å². The Balaban J connectivity index is 2.50. The van der Waals surface area contributed by atoms with Crippen molar-refractivity contribution in [2.24, 2.45) is 0 Å². The first kappa shape index (κ1) is 10.6. The number of hydrogen-bond acceptors (Lipinski definition) is 4. The number of nitrogens with zero attached hydrogens (tertiary/aromatic N) is 2. The van der Waals surface area contributed by atoms with E-state index in [9.17, 15) is 4.79 Å². The molecular formula is C7H10BrN3OS. The van der Waals surface area contributed by atoms with Crippen molar-refractivity contribution < 1.29 is 4.79 Å². The second kappa shape index (κ2) is 5.29. The minimum Gasteiger partial charge on any atom is -0.348 e. The molecule has 0 spiro atoms. The Morgan fingerprint density at radius 3 is 3.08 bits per heavy atom. The van der Waals surface area contributed by atoms with E-state index in [2.05, 4.69) is 30.8 Å². The zero-order valence-electron chi connectivity index (χ0n) is 7.16. The normalized spacial score (nSPS) is 12.5. The summed E-state index contributed by atoms with van der Waals surface area (Å²) < 4.78 is 3.62. The molecule has 0 saturated carbocycles. The topological polar surface area (TPSA) is 54.9 Å². The van der Waals surface area contributed by atoms with Gasteiger partial charge in [0.2, 0.25) is 0 Å². The van der Waals surface area contributed by atoms with Crippen molar-refractivity contribution in [3.63, 3.8) is 0 Å². The lowest BCUT2D eigenvalue weighted by Crippen LogP contribution is -2.35. The van der Waals surface area contributed by atoms with E-state index in [1.54, 1.807) is 0 Å². The summed E-state index contributed by atoms with van der Waals surface area (Å²) in [4.78, 5) is 12.0. The van der Waals surface area contributed by atoms with E-state index < -0.39 is 0 Å². The van der Waals surface area contributed by atoms with E-state index in [-0.39, 0.29) is 11.9 Å². The highest BCUT2D eigenvalue weighted by Gasteiger charge is 2.12. The number of halogens is 1. The molecule has 0 aromatic carbocycles. The molecule has 4 nitrogen and oxygen atoms in total. The number of aromatic nitrogens is 2. The summed E-state index contributed by atoms with van der Waals surface area (Å²) in [7, 11) is 0. The largest absolute Gasteiger partial charge is 0.348 e. The van der Waals surface area contributed by atoms with Crippen molar-refractivity contribution in [2.75, 3.05) is 5.33 Å². The van der Waals surface area contributed by atoms with E-state index in [0.29, 0.717) is 4.88 Å². The molecule has 1 rings (SSSR count). The molecule has 1 N–H and O–H groups in total. The SMILES string of the molecule is CCC(CBr)NC(=O)c1cnns1. The second-order valence-electron chi connectivity index (χ2n) is 2.51. The van der Waals surface area contributed by atoms with Crippen molar-refractivity contribution in [1.82, 2.24) is 14.9 Å². The maximum absolute atomic E-state index is 11.4. The standard InChI is InChI=1S/C7H10BrN3OS/c1-2-5(3-8)10-7(12)6-4-9-11-13-6/h4-5H,2-3H2,1H3,(H,10,12). The van der Waals surface area contributed by atoms with Gasteiger partial charge in [0.05, 0.1) is 6.20 Å². The molecule has 0 radical (unpaired) electrons. The van der Waals surface area contributed by atoms with Crippen molar-refractivity contribution in [3.05, 3.63) is 11.1 Å². The number of rotatable bonds is 4. The third-order valence-corrected chi connectivity index (χ3v) is 3.04. The molecule has 1 unspecified atom stereocenters. The average molecular weight is 264 g/mol. The molecule has 0 saturated heterocycles. The molecule has 13 heavy (non-hydrogen) atoms. The summed E-state index contributed by atoms with van der Waals surface area (Å²) in [6.45, 7) is 2.02. The van der Waals surface area contributed by atoms with E-state index in [4.69, 9.17) is 0 Å². The zero-order valence-corrected chi connectivity index (χ0v) is 9.56. The van der Waals surface area contributed by atoms with Crippen molar-refractivity contribution in [2.45, 2.75) is 19.4 Å². The fourth-order valence-electron chi connectivity index (χ4n) is 0.773. The summed E-state index contributed by atoms with van der Waals surface area (Å²) in [6, 6.07) is 0.176. The maximum Gasteiger partial charge on any atom is 0.264 e. The number of amides is 1. The monoisotopic (exact) mass is 263 g/mol. The fraction of sp³-hybridized carbons (Fsp3) is 0.571. The van der Waals surface area contributed by atoms with Crippen LogP contribution < -0.4 is 5.32 Å². The maximum atomic E-state index is 11.4. The third kappa shape index (κ3) is 3.04. The van der Waals surface area contributed by atoms with Gasteiger partial charge in [-0.25, -0.2) is 0 Å². The van der Waals surface area contributed by atoms with Gasteiger partial charge >= 0.3 is 0 Å². The van der Waals surface area contributed by atoms with E-state index in [1.165, 1.54) is 6.20 Å². The highest BCUT2D eigenvalue weighted by Crippen LogP contribution is 2.03. The Kier molecular flexibility index (Phi) is 4.31. The van der Waals surface area contributed by atoms with Crippen LogP contribution in [0.4, 0.5) is 0 Å². The lowest BCUT2D eigenvalue weighted by molar-refractivity contribution is 0.0944. The van der Waals surface area contributed by atoms with Crippen LogP contribution in [0.5, 0.6) is 0 Å². The van der Waals surface area contributed by atoms with E-state index >= 15 is 0 Å². The van der Waals surface area contributed by atoms with Gasteiger partial charge in [-0.2, -0.15) is 0 Å². The van der Waals surface area contributed by atoms with Crippen LogP contribution >= 0.6 is 27.5 Å². The second-order valence-corrected chi connectivity index (χ2v) is 3.95. The first-order chi connectivity index (χ1) is 6.27. The number of hydrogen-bond donors (Lipinski definition) is 1. The molecular weight excluding hydrogens is 254 g/mol. The predicted octanol–water partition coefficient (Wildman–Crippen LogP) is 1.44. The van der Waals surface area contributed by atoms with Crippen molar-refractivity contribution in [3.8, 4) is 0 Å². The number of carbonyl (C=O) groups excluding carboxylic acids is 1. The van der Waals surface area contributed by atoms with Crippen LogP contribution in [-0.2, 0) is 0 Å². The molecule has 0 fully saturated rings. The van der Waals surface area contributed by atoms with Gasteiger partial charge in [0.1, 0.15) is 4.88 Å². The van der Waals surface area contributed by atoms with Gasteiger partial charge in [0, 0.05) is 11.4 Å². The van der Waals surface area contributed by atoms with Gasteiger partial charge in [0.15, 0.2) is 0 Å². The molecule has 1 aromatic heterocycles. The highest BCUT2D eigenvalue weighted by atomic mass is 79.9. The smallest absolute Gasteiger partial charge is 0.264 e. The fourth-order valence-corrected chi connectivity index (χ4v) is 1.81. The molecule has 0 bridgehead atoms. The molecule has 1 amide bonds. The summed E-state index contributed by atoms with van der Waals surface area (Å²) in [6.07, 6.45) is 2.38. The highest BCUT2D eigenvalue weighted by molar-refractivity contribution is 9.09. The zero-order chi connectivity index (χ0) is 9.68. The van der Waals surface area contributed by atoms with Crippen LogP contribution in [0.25, 0.3) is 0 Å². The molecule has 0 aliphatic rings. The molecule has 1 aromatic rings. The van der Waals surface area contributed by atoms with E-state index in [0.717, 1.165) is 23.3 Å². The van der Waals surface area contributed by atoms with E-state index in [1.807, 2.05) is 6.92 Å². The first-order valence-corrected chi connectivity index (χ1v) is 5.81. The number of carbonyl (C=O) groups is 1. The lowest BCUT2D eigenvalue weighted by Gasteiger charge is -2.12. The number of nitrogens with one attached hydrogen (secondary N) is 1. The summed E-state index contributed by atoms with van der Waals surface area (Å²) >= 11 is 4.43. The summed E-state index contributed by atoms with van der Waals surface area (Å²) in [5, 5.41) is 7.23. The average Bonchev–Trinajstić information content (AvgIpc) is 2.66. The number of alkyl halides is 1. The Morgan fingerprint density at radius 1 is 1.85 bits per heavy atom. The van der Waals surface area contributed by atoms with Crippen molar-refractivity contribution in [1.29, 1.82) is 0 Å². The Labute approximate surface area is 89.0 Å². The quantitative estimate of drug-likeness (QED) is 0.837. The molecule has 0 aliphatic carbocycles. The van der Waals surface area contributed by atoms with Gasteiger partial charge in [-0.1, -0.05) is 27.3 Å². The van der Waals surface area contributed by atoms with Crippen LogP contribution in [0.1, 0.15) is 23.0 Å². The Bertz CT molecular complexity index is 261. The molecule has 0 aliphatic heterocycles. The van der Waals surface area contributed by atoms with Gasteiger partial charge in [-0.3, -0.25) is 4.79 Å². The van der Waals surface area contributed by atoms with Gasteiger partial charge < -0.3 is 5.32 Å².